The highest BCUT2D eigenvalue weighted by atomic mass is 35.5. The number of likely N-dealkylation sites (tertiary alicyclic amines) is 1. The fraction of sp³-hybridized carbons (Fsp3) is 0.429. The van der Waals surface area contributed by atoms with Crippen LogP contribution in [0.1, 0.15) is 103 Å². The smallest absolute Gasteiger partial charge is 0.380 e. The first kappa shape index (κ1) is 61.4. The van der Waals surface area contributed by atoms with Crippen LogP contribution in [0.5, 0.6) is 0 Å². The van der Waals surface area contributed by atoms with Gasteiger partial charge in [-0.05, 0) is 145 Å². The number of nitrogens with zero attached hydrogens (tertiary/aromatic N) is 5. The summed E-state index contributed by atoms with van der Waals surface area (Å²) in [7, 11) is -11.1. The minimum atomic E-state index is -6.14. The van der Waals surface area contributed by atoms with Crippen molar-refractivity contribution >= 4 is 83.8 Å². The lowest BCUT2D eigenvalue weighted by Gasteiger charge is -2.41. The van der Waals surface area contributed by atoms with Crippen molar-refractivity contribution in [3.05, 3.63) is 154 Å². The monoisotopic (exact) mass is 1250 g/mol. The van der Waals surface area contributed by atoms with Gasteiger partial charge in [-0.15, -0.1) is 11.8 Å². The maximum absolute atomic E-state index is 14.6. The number of imide groups is 1. The summed E-state index contributed by atoms with van der Waals surface area (Å²) in [5.41, 5.74) is 1.22. The van der Waals surface area contributed by atoms with E-state index in [9.17, 15) is 49.2 Å². The molecule has 3 N–H and O–H groups in total. The van der Waals surface area contributed by atoms with E-state index in [2.05, 4.69) is 56.2 Å². The SMILES string of the molecule is CC1(C)CCC(c2ccc(Cl)cc2)=C(CN2CCN(c3ccc(C(=O)NS(=O)(=O)c4ccc(N[C@H](CCN5CC6CCC(C5)N6Cc5ccc6c(c5)CN(C5CCC(=O)NC5=O)C6=O)CSc5ccccc5)c(S(=O)(=O)C(F)(F)F)c4)cc3)CC2)C1. The normalized spacial score (nSPS) is 21.8. The van der Waals surface area contributed by atoms with E-state index in [-0.39, 0.29) is 54.3 Å². The van der Waals surface area contributed by atoms with Gasteiger partial charge in [-0.1, -0.05) is 73.5 Å². The number of rotatable bonds is 19. The van der Waals surface area contributed by atoms with Crippen molar-refractivity contribution in [2.24, 2.45) is 5.41 Å². The van der Waals surface area contributed by atoms with Gasteiger partial charge in [0.1, 0.15) is 10.9 Å². The van der Waals surface area contributed by atoms with Gasteiger partial charge in [0.05, 0.1) is 10.6 Å². The molecule has 0 radical (unpaired) electrons. The molecular formula is C63H70ClF3N8O8S3. The highest BCUT2D eigenvalue weighted by Crippen LogP contribution is 2.44. The molecular weight excluding hydrogens is 1190 g/mol. The summed E-state index contributed by atoms with van der Waals surface area (Å²) in [6, 6.07) is 31.1. The summed E-state index contributed by atoms with van der Waals surface area (Å²) in [6.45, 7) is 11.4. The number of thioether (sulfide) groups is 1. The molecule has 23 heteroatoms. The van der Waals surface area contributed by atoms with E-state index in [1.165, 1.54) is 45.5 Å². The molecule has 5 aliphatic heterocycles. The van der Waals surface area contributed by atoms with Crippen molar-refractivity contribution in [2.75, 3.05) is 68.3 Å². The van der Waals surface area contributed by atoms with Crippen molar-refractivity contribution < 1.29 is 49.2 Å². The zero-order chi connectivity index (χ0) is 60.7. The Balaban J connectivity index is 0.732. The van der Waals surface area contributed by atoms with Gasteiger partial charge in [-0.3, -0.25) is 34.3 Å². The Morgan fingerprint density at radius 3 is 2.21 bits per heavy atom. The number of piperazine rings is 2. The Morgan fingerprint density at radius 2 is 1.52 bits per heavy atom. The summed E-state index contributed by atoms with van der Waals surface area (Å²) in [6.07, 6.45) is 5.85. The van der Waals surface area contributed by atoms with Gasteiger partial charge in [0.15, 0.2) is 0 Å². The quantitative estimate of drug-likeness (QED) is 0.0524. The minimum Gasteiger partial charge on any atom is -0.380 e. The molecule has 6 aliphatic rings. The lowest BCUT2D eigenvalue weighted by molar-refractivity contribution is -0.136. The molecule has 5 aromatic carbocycles. The number of benzene rings is 5. The van der Waals surface area contributed by atoms with Gasteiger partial charge < -0.3 is 20.0 Å². The molecule has 86 heavy (non-hydrogen) atoms. The number of alkyl halides is 3. The third kappa shape index (κ3) is 13.7. The maximum atomic E-state index is 14.6. The Labute approximate surface area is 509 Å². The summed E-state index contributed by atoms with van der Waals surface area (Å²) in [5.74, 6) is -1.76. The molecule has 1 aliphatic carbocycles. The summed E-state index contributed by atoms with van der Waals surface area (Å²) >= 11 is 7.66. The highest BCUT2D eigenvalue weighted by Gasteiger charge is 2.49. The number of nitrogens with one attached hydrogen (secondary N) is 3. The number of piperidine rings is 1. The molecule has 0 saturated carbocycles. The van der Waals surface area contributed by atoms with Crippen LogP contribution in [0.15, 0.2) is 136 Å². The molecule has 4 fully saturated rings. The van der Waals surface area contributed by atoms with Crippen LogP contribution in [0.4, 0.5) is 24.5 Å². The number of hydrogen-bond acceptors (Lipinski definition) is 14. The van der Waals surface area contributed by atoms with E-state index < -0.39 is 64.7 Å². The van der Waals surface area contributed by atoms with Crippen LogP contribution in [0.3, 0.4) is 0 Å². The molecule has 16 nitrogen and oxygen atoms in total. The number of amides is 4. The predicted molar refractivity (Wildman–Crippen MR) is 326 cm³/mol. The summed E-state index contributed by atoms with van der Waals surface area (Å²) in [4.78, 5) is 61.1. The Kier molecular flexibility index (Phi) is 17.9. The first-order chi connectivity index (χ1) is 41.0. The second kappa shape index (κ2) is 25.1. The predicted octanol–water partition coefficient (Wildman–Crippen LogP) is 9.61. The molecule has 11 rings (SSSR count). The molecule has 456 valence electrons. The van der Waals surface area contributed by atoms with Crippen molar-refractivity contribution in [3.8, 4) is 0 Å². The molecule has 2 bridgehead atoms. The number of sulfonamides is 1. The Hall–Kier alpha value is -6.27. The molecule has 0 spiro atoms. The van der Waals surface area contributed by atoms with E-state index in [4.69, 9.17) is 11.6 Å². The van der Waals surface area contributed by atoms with Gasteiger partial charge in [0.25, 0.3) is 31.7 Å². The number of anilines is 2. The van der Waals surface area contributed by atoms with E-state index in [0.29, 0.717) is 55.0 Å². The van der Waals surface area contributed by atoms with Gasteiger partial charge >= 0.3 is 5.51 Å². The third-order valence-electron chi connectivity index (χ3n) is 17.7. The lowest BCUT2D eigenvalue weighted by Crippen LogP contribution is -2.53. The van der Waals surface area contributed by atoms with Crippen LogP contribution in [0.2, 0.25) is 5.02 Å². The number of fused-ring (bicyclic) bond motifs is 3. The first-order valence-corrected chi connectivity index (χ1v) is 33.6. The largest absolute Gasteiger partial charge is 0.501 e. The highest BCUT2D eigenvalue weighted by molar-refractivity contribution is 7.99. The van der Waals surface area contributed by atoms with Crippen molar-refractivity contribution in [3.63, 3.8) is 0 Å². The number of carbonyl (C=O) groups excluding carboxylic acids is 4. The van der Waals surface area contributed by atoms with Gasteiger partial charge in [-0.2, -0.15) is 13.2 Å². The standard InChI is InChI=1S/C63H70ClF3N8O8S3/c1-62(2)26-24-53(42-9-13-46(64)14-10-42)45(34-62)36-71-28-30-73(31-29-71)48-15-11-43(12-16-48)59(77)70-86(82,83)52-19-21-55(57(33-52)85(80,81)63(65,66)67)68-47(40-84-51-6-4-3-5-7-51)25-27-72-38-49-17-18-50(39-72)74(49)35-41-8-20-54-44(32-41)37-75(61(54)79)56-22-23-58(76)69-60(56)78/h3-16,19-21,32-33,47,49-50,56,68H,17-18,22-31,34-40H2,1-2H3,(H,70,77)(H,69,76,78)/t47-,49?,50?,56?/m1/s1. The van der Waals surface area contributed by atoms with Crippen molar-refractivity contribution in [1.29, 1.82) is 0 Å². The summed E-state index contributed by atoms with van der Waals surface area (Å²) < 4.78 is 100. The van der Waals surface area contributed by atoms with Crippen LogP contribution < -0.4 is 20.3 Å². The fourth-order valence-corrected chi connectivity index (χ4v) is 16.3. The van der Waals surface area contributed by atoms with Gasteiger partial charge in [0, 0.05) is 122 Å². The topological polar surface area (TPSA) is 189 Å². The number of sulfone groups is 1. The number of halogens is 4. The fourth-order valence-electron chi connectivity index (χ4n) is 13.1. The van der Waals surface area contributed by atoms with Crippen LogP contribution >= 0.6 is 23.4 Å². The minimum absolute atomic E-state index is 0.0217. The number of hydrogen-bond donors (Lipinski definition) is 3. The van der Waals surface area contributed by atoms with E-state index in [1.807, 2.05) is 65.4 Å². The third-order valence-corrected chi connectivity index (χ3v) is 22.0. The molecule has 4 saturated heterocycles. The van der Waals surface area contributed by atoms with E-state index in [0.717, 1.165) is 98.7 Å². The zero-order valence-electron chi connectivity index (χ0n) is 48.0. The molecule has 4 atom stereocenters. The molecule has 5 aromatic rings. The Morgan fingerprint density at radius 1 is 0.814 bits per heavy atom. The van der Waals surface area contributed by atoms with Crippen LogP contribution in [0, 0.1) is 5.41 Å². The first-order valence-electron chi connectivity index (χ1n) is 29.2. The van der Waals surface area contributed by atoms with Crippen molar-refractivity contribution in [1.82, 2.24) is 29.6 Å². The summed E-state index contributed by atoms with van der Waals surface area (Å²) in [5, 5.41) is 6.13. The van der Waals surface area contributed by atoms with Gasteiger partial charge in [0.2, 0.25) is 11.8 Å². The van der Waals surface area contributed by atoms with Gasteiger partial charge in [-0.25, -0.2) is 21.6 Å². The maximum Gasteiger partial charge on any atom is 0.501 e. The van der Waals surface area contributed by atoms with E-state index >= 15 is 0 Å². The average molecular weight is 1260 g/mol. The lowest BCUT2D eigenvalue weighted by atomic mass is 9.73. The molecule has 4 amide bonds. The van der Waals surface area contributed by atoms with Crippen LogP contribution in [0.25, 0.3) is 5.57 Å². The molecule has 0 aromatic heterocycles. The zero-order valence-corrected chi connectivity index (χ0v) is 51.2. The average Bonchev–Trinajstić information content (AvgIpc) is 1.45. The molecule has 3 unspecified atom stereocenters. The van der Waals surface area contributed by atoms with Crippen LogP contribution in [-0.4, -0.2) is 148 Å². The number of allylic oxidation sites excluding steroid dienone is 1. The Bertz CT molecular complexity index is 3650. The van der Waals surface area contributed by atoms with Crippen LogP contribution in [-0.2, 0) is 42.5 Å². The second-order valence-electron chi connectivity index (χ2n) is 24.2. The number of carbonyl (C=O) groups is 4. The molecule has 5 heterocycles. The van der Waals surface area contributed by atoms with Crippen molar-refractivity contribution in [2.45, 2.75) is 123 Å². The van der Waals surface area contributed by atoms with E-state index in [1.54, 1.807) is 12.1 Å². The second-order valence-corrected chi connectivity index (χ2v) is 29.4.